The molecule has 2 nitrogen and oxygen atoms in total. The number of nitrogens with zero attached hydrogens (tertiary/aromatic N) is 1. The van der Waals surface area contributed by atoms with Crippen molar-refractivity contribution >= 4 is 0 Å². The second kappa shape index (κ2) is 3.77. The van der Waals surface area contributed by atoms with Crippen LogP contribution in [0.25, 0.3) is 0 Å². The van der Waals surface area contributed by atoms with E-state index in [9.17, 15) is 0 Å². The van der Waals surface area contributed by atoms with Crippen LogP contribution >= 0.6 is 0 Å². The van der Waals surface area contributed by atoms with E-state index in [1.165, 1.54) is 5.56 Å². The molecule has 0 aliphatic heterocycles. The molecule has 0 spiro atoms. The maximum atomic E-state index is 5.22. The summed E-state index contributed by atoms with van der Waals surface area (Å²) < 4.78 is 5.22. The average molecular weight is 179 g/mol. The molecule has 0 bridgehead atoms. The van der Waals surface area contributed by atoms with E-state index in [1.807, 2.05) is 6.07 Å². The molecule has 2 heteroatoms. The molecule has 0 saturated carbocycles. The summed E-state index contributed by atoms with van der Waals surface area (Å²) in [5.74, 6) is 0.745. The van der Waals surface area contributed by atoms with Gasteiger partial charge in [0.25, 0.3) is 0 Å². The molecule has 0 aliphatic rings. The zero-order chi connectivity index (χ0) is 9.90. The summed E-state index contributed by atoms with van der Waals surface area (Å²) in [4.78, 5) is 4.19. The van der Waals surface area contributed by atoms with Crippen LogP contribution in [0.2, 0.25) is 0 Å². The van der Waals surface area contributed by atoms with Crippen molar-refractivity contribution in [1.82, 2.24) is 4.98 Å². The van der Waals surface area contributed by atoms with Gasteiger partial charge in [0.05, 0.1) is 7.11 Å². The molecule has 0 unspecified atom stereocenters. The molecule has 0 aromatic carbocycles. The van der Waals surface area contributed by atoms with Gasteiger partial charge in [-0.2, -0.15) is 0 Å². The van der Waals surface area contributed by atoms with E-state index in [0.717, 1.165) is 12.3 Å². The first-order chi connectivity index (χ1) is 6.11. The van der Waals surface area contributed by atoms with Gasteiger partial charge in [0.15, 0.2) is 0 Å². The maximum Gasteiger partial charge on any atom is 0.216 e. The van der Waals surface area contributed by atoms with Gasteiger partial charge in [-0.25, -0.2) is 4.98 Å². The molecule has 1 aromatic rings. The number of pyridine rings is 1. The number of hydrogen-bond acceptors (Lipinski definition) is 2. The van der Waals surface area contributed by atoms with Crippen LogP contribution in [0.3, 0.4) is 0 Å². The van der Waals surface area contributed by atoms with Crippen molar-refractivity contribution in [2.24, 2.45) is 0 Å². The van der Waals surface area contributed by atoms with Crippen molar-refractivity contribution in [1.29, 1.82) is 0 Å². The Morgan fingerprint density at radius 1 is 1.46 bits per heavy atom. The molecule has 0 radical (unpaired) electrons. The molecule has 72 valence electrons. The van der Waals surface area contributed by atoms with Gasteiger partial charge in [-0.1, -0.05) is 26.8 Å². The van der Waals surface area contributed by atoms with Gasteiger partial charge < -0.3 is 4.74 Å². The molecule has 0 saturated heterocycles. The van der Waals surface area contributed by atoms with E-state index >= 15 is 0 Å². The van der Waals surface area contributed by atoms with Crippen LogP contribution < -0.4 is 4.74 Å². The first-order valence-electron chi connectivity index (χ1n) is 4.61. The lowest BCUT2D eigenvalue weighted by atomic mass is 9.83. The number of methoxy groups -OCH3 is 1. The smallest absolute Gasteiger partial charge is 0.216 e. The minimum absolute atomic E-state index is 0.138. The Kier molecular flexibility index (Phi) is 2.91. The Labute approximate surface area is 80.0 Å². The highest BCUT2D eigenvalue weighted by Gasteiger charge is 2.22. The van der Waals surface area contributed by atoms with Crippen molar-refractivity contribution in [3.63, 3.8) is 0 Å². The van der Waals surface area contributed by atoms with Crippen LogP contribution in [0.4, 0.5) is 0 Å². The quantitative estimate of drug-likeness (QED) is 0.711. The first-order valence-corrected chi connectivity index (χ1v) is 4.61. The third kappa shape index (κ3) is 2.00. The van der Waals surface area contributed by atoms with Gasteiger partial charge in [0, 0.05) is 11.8 Å². The zero-order valence-electron chi connectivity index (χ0n) is 8.79. The summed E-state index contributed by atoms with van der Waals surface area (Å²) in [6, 6.07) is 4.03. The van der Waals surface area contributed by atoms with E-state index in [1.54, 1.807) is 13.3 Å². The highest BCUT2D eigenvalue weighted by Crippen LogP contribution is 2.31. The largest absolute Gasteiger partial charge is 0.481 e. The SMILES string of the molecule is CCC(C)(C)c1cccnc1OC. The molecule has 13 heavy (non-hydrogen) atoms. The van der Waals surface area contributed by atoms with E-state index in [0.29, 0.717) is 0 Å². The van der Waals surface area contributed by atoms with Crippen LogP contribution in [-0.2, 0) is 5.41 Å². The number of ether oxygens (including phenoxy) is 1. The van der Waals surface area contributed by atoms with Crippen LogP contribution in [0.5, 0.6) is 5.88 Å². The van der Waals surface area contributed by atoms with Gasteiger partial charge in [0.2, 0.25) is 5.88 Å². The lowest BCUT2D eigenvalue weighted by Crippen LogP contribution is -2.17. The van der Waals surface area contributed by atoms with Crippen LogP contribution in [-0.4, -0.2) is 12.1 Å². The van der Waals surface area contributed by atoms with E-state index in [-0.39, 0.29) is 5.41 Å². The predicted octanol–water partition coefficient (Wildman–Crippen LogP) is 2.78. The molecular weight excluding hydrogens is 162 g/mol. The Hall–Kier alpha value is -1.05. The molecule has 0 fully saturated rings. The Balaban J connectivity index is 3.12. The molecule has 1 aromatic heterocycles. The van der Waals surface area contributed by atoms with Crippen molar-refractivity contribution < 1.29 is 4.74 Å². The molecule has 0 aliphatic carbocycles. The number of hydrogen-bond donors (Lipinski definition) is 0. The highest BCUT2D eigenvalue weighted by molar-refractivity contribution is 5.32. The van der Waals surface area contributed by atoms with E-state index in [4.69, 9.17) is 4.74 Å². The monoisotopic (exact) mass is 179 g/mol. The van der Waals surface area contributed by atoms with Crippen LogP contribution in [0, 0.1) is 0 Å². The van der Waals surface area contributed by atoms with E-state index < -0.39 is 0 Å². The van der Waals surface area contributed by atoms with Crippen LogP contribution in [0.1, 0.15) is 32.8 Å². The average Bonchev–Trinajstić information content (AvgIpc) is 2.18. The Bertz CT molecular complexity index is 281. The third-order valence-corrected chi connectivity index (χ3v) is 2.58. The number of rotatable bonds is 3. The summed E-state index contributed by atoms with van der Waals surface area (Å²) in [6.45, 7) is 6.57. The van der Waals surface area contributed by atoms with Gasteiger partial charge in [-0.3, -0.25) is 0 Å². The van der Waals surface area contributed by atoms with Gasteiger partial charge in [0.1, 0.15) is 0 Å². The lowest BCUT2D eigenvalue weighted by Gasteiger charge is -2.24. The van der Waals surface area contributed by atoms with Crippen molar-refractivity contribution in [2.75, 3.05) is 7.11 Å². The molecule has 1 heterocycles. The topological polar surface area (TPSA) is 22.1 Å². The van der Waals surface area contributed by atoms with Crippen molar-refractivity contribution in [3.05, 3.63) is 23.9 Å². The first kappa shape index (κ1) is 10.0. The predicted molar refractivity (Wildman–Crippen MR) is 54.1 cm³/mol. The summed E-state index contributed by atoms with van der Waals surface area (Å²) in [5, 5.41) is 0. The molecule has 0 amide bonds. The van der Waals surface area contributed by atoms with Crippen LogP contribution in [0.15, 0.2) is 18.3 Å². The summed E-state index contributed by atoms with van der Waals surface area (Å²) >= 11 is 0. The Morgan fingerprint density at radius 3 is 2.69 bits per heavy atom. The van der Waals surface area contributed by atoms with Crippen molar-refractivity contribution in [2.45, 2.75) is 32.6 Å². The normalized spacial score (nSPS) is 11.4. The fraction of sp³-hybridized carbons (Fsp3) is 0.545. The zero-order valence-corrected chi connectivity index (χ0v) is 8.79. The maximum absolute atomic E-state index is 5.22. The fourth-order valence-electron chi connectivity index (χ4n) is 1.26. The number of aromatic nitrogens is 1. The third-order valence-electron chi connectivity index (χ3n) is 2.58. The summed E-state index contributed by atoms with van der Waals surface area (Å²) in [7, 11) is 1.66. The van der Waals surface area contributed by atoms with Gasteiger partial charge in [-0.05, 0) is 17.9 Å². The standard InChI is InChI=1S/C11H17NO/c1-5-11(2,3)9-7-6-8-12-10(9)13-4/h6-8H,5H2,1-4H3. The lowest BCUT2D eigenvalue weighted by molar-refractivity contribution is 0.373. The van der Waals surface area contributed by atoms with Crippen molar-refractivity contribution in [3.8, 4) is 5.88 Å². The second-order valence-electron chi connectivity index (χ2n) is 3.80. The molecule has 0 N–H and O–H groups in total. The summed E-state index contributed by atoms with van der Waals surface area (Å²) in [6.07, 6.45) is 2.84. The fourth-order valence-corrected chi connectivity index (χ4v) is 1.26. The minimum atomic E-state index is 0.138. The molecular formula is C11H17NO. The minimum Gasteiger partial charge on any atom is -0.481 e. The summed E-state index contributed by atoms with van der Waals surface area (Å²) in [5.41, 5.74) is 1.32. The second-order valence-corrected chi connectivity index (χ2v) is 3.80. The molecule has 1 rings (SSSR count). The highest BCUT2D eigenvalue weighted by atomic mass is 16.5. The van der Waals surface area contributed by atoms with Gasteiger partial charge in [-0.15, -0.1) is 0 Å². The Morgan fingerprint density at radius 2 is 2.15 bits per heavy atom. The van der Waals surface area contributed by atoms with Gasteiger partial charge >= 0.3 is 0 Å². The van der Waals surface area contributed by atoms with E-state index in [2.05, 4.69) is 31.8 Å². The molecule has 0 atom stereocenters.